The smallest absolute Gasteiger partial charge is 0.136 e. The van der Waals surface area contributed by atoms with E-state index >= 15 is 0 Å². The Balaban J connectivity index is 1.84. The van der Waals surface area contributed by atoms with Gasteiger partial charge < -0.3 is 5.32 Å². The van der Waals surface area contributed by atoms with Gasteiger partial charge in [0.25, 0.3) is 0 Å². The number of hydrogen-bond donors (Lipinski definition) is 1. The van der Waals surface area contributed by atoms with Gasteiger partial charge in [0, 0.05) is 16.7 Å². The van der Waals surface area contributed by atoms with Gasteiger partial charge in [0.2, 0.25) is 0 Å². The Morgan fingerprint density at radius 2 is 2.05 bits per heavy atom. The largest absolute Gasteiger partial charge is 0.313 e. The molecule has 0 bridgehead atoms. The maximum Gasteiger partial charge on any atom is 0.136 e. The third-order valence-electron chi connectivity index (χ3n) is 3.86. The fourth-order valence-corrected chi connectivity index (χ4v) is 3.91. The molecule has 1 saturated carbocycles. The van der Waals surface area contributed by atoms with Crippen LogP contribution in [0.25, 0.3) is 0 Å². The fraction of sp³-hybridized carbons (Fsp3) is 0.625. The van der Waals surface area contributed by atoms with Gasteiger partial charge in [-0.05, 0) is 31.0 Å². The van der Waals surface area contributed by atoms with Gasteiger partial charge in [0.05, 0.1) is 0 Å². The normalized spacial score (nSPS) is 17.8. The number of rotatable bonds is 7. The van der Waals surface area contributed by atoms with E-state index in [1.165, 1.54) is 32.1 Å². The molecule has 0 aromatic heterocycles. The first-order valence-corrected chi connectivity index (χ1v) is 8.39. The molecule has 1 aliphatic carbocycles. The Bertz CT molecular complexity index is 377. The molecule has 1 unspecified atom stereocenters. The highest BCUT2D eigenvalue weighted by Gasteiger charge is 2.20. The molecule has 0 aliphatic heterocycles. The molecule has 3 heteroatoms. The molecule has 1 aromatic rings. The summed E-state index contributed by atoms with van der Waals surface area (Å²) in [5.41, 5.74) is 0. The van der Waals surface area contributed by atoms with Gasteiger partial charge in [-0.3, -0.25) is 0 Å². The number of halogens is 1. The Morgan fingerprint density at radius 3 is 2.74 bits per heavy atom. The monoisotopic (exact) mass is 281 g/mol. The molecule has 0 radical (unpaired) electrons. The quantitative estimate of drug-likeness (QED) is 0.740. The van der Waals surface area contributed by atoms with Crippen molar-refractivity contribution < 1.29 is 4.39 Å². The molecule has 1 atom stereocenters. The number of benzene rings is 1. The molecule has 19 heavy (non-hydrogen) atoms. The zero-order valence-corrected chi connectivity index (χ0v) is 12.5. The lowest BCUT2D eigenvalue weighted by Crippen LogP contribution is -2.32. The summed E-state index contributed by atoms with van der Waals surface area (Å²) in [5, 5.41) is 3.56. The third kappa shape index (κ3) is 4.81. The van der Waals surface area contributed by atoms with Crippen LogP contribution >= 0.6 is 11.8 Å². The minimum Gasteiger partial charge on any atom is -0.313 e. The fourth-order valence-electron chi connectivity index (χ4n) is 2.90. The molecule has 1 N–H and O–H groups in total. The summed E-state index contributed by atoms with van der Waals surface area (Å²) in [5.74, 6) is 1.75. The van der Waals surface area contributed by atoms with E-state index in [1.54, 1.807) is 23.9 Å². The Kier molecular flexibility index (Phi) is 6.18. The average Bonchev–Trinajstić information content (AvgIpc) is 2.91. The highest BCUT2D eigenvalue weighted by molar-refractivity contribution is 7.99. The molecular formula is C16H24FNS. The Hall–Kier alpha value is -0.540. The molecule has 1 fully saturated rings. The summed E-state index contributed by atoms with van der Waals surface area (Å²) < 4.78 is 13.6. The van der Waals surface area contributed by atoms with E-state index in [9.17, 15) is 4.39 Å². The summed E-state index contributed by atoms with van der Waals surface area (Å²) in [6.45, 7) is 3.14. The van der Waals surface area contributed by atoms with E-state index in [1.807, 2.05) is 12.1 Å². The van der Waals surface area contributed by atoms with Gasteiger partial charge in [-0.2, -0.15) is 0 Å². The van der Waals surface area contributed by atoms with Crippen molar-refractivity contribution in [2.45, 2.75) is 50.0 Å². The van der Waals surface area contributed by atoms with Gasteiger partial charge in [0.15, 0.2) is 0 Å². The lowest BCUT2D eigenvalue weighted by molar-refractivity contribution is 0.415. The maximum atomic E-state index is 13.6. The molecule has 0 heterocycles. The molecular weight excluding hydrogens is 257 g/mol. The average molecular weight is 281 g/mol. The first-order chi connectivity index (χ1) is 9.29. The van der Waals surface area contributed by atoms with Crippen LogP contribution in [-0.2, 0) is 0 Å². The predicted molar refractivity (Wildman–Crippen MR) is 81.2 cm³/mol. The second-order valence-corrected chi connectivity index (χ2v) is 6.44. The number of nitrogens with one attached hydrogen (secondary N) is 1. The summed E-state index contributed by atoms with van der Waals surface area (Å²) in [6, 6.07) is 7.59. The zero-order valence-electron chi connectivity index (χ0n) is 11.7. The molecule has 2 rings (SSSR count). The van der Waals surface area contributed by atoms with Gasteiger partial charge in [-0.1, -0.05) is 44.7 Å². The van der Waals surface area contributed by atoms with Crippen molar-refractivity contribution in [3.63, 3.8) is 0 Å². The molecule has 0 amide bonds. The summed E-state index contributed by atoms with van der Waals surface area (Å²) >= 11 is 1.64. The van der Waals surface area contributed by atoms with Crippen molar-refractivity contribution in [1.82, 2.24) is 5.32 Å². The third-order valence-corrected chi connectivity index (χ3v) is 5.07. The molecule has 0 spiro atoms. The highest BCUT2D eigenvalue weighted by atomic mass is 32.2. The summed E-state index contributed by atoms with van der Waals surface area (Å²) in [6.07, 6.45) is 6.79. The van der Waals surface area contributed by atoms with Crippen molar-refractivity contribution >= 4 is 11.8 Å². The summed E-state index contributed by atoms with van der Waals surface area (Å²) in [4.78, 5) is 0.775. The van der Waals surface area contributed by atoms with E-state index in [0.29, 0.717) is 6.04 Å². The van der Waals surface area contributed by atoms with Crippen LogP contribution in [0.15, 0.2) is 29.2 Å². The first-order valence-electron chi connectivity index (χ1n) is 7.40. The molecule has 1 aliphatic rings. The van der Waals surface area contributed by atoms with Crippen molar-refractivity contribution in [2.24, 2.45) is 5.92 Å². The number of thioether (sulfide) groups is 1. The van der Waals surface area contributed by atoms with Gasteiger partial charge in [0.1, 0.15) is 5.82 Å². The van der Waals surface area contributed by atoms with Gasteiger partial charge >= 0.3 is 0 Å². The van der Waals surface area contributed by atoms with Crippen LogP contribution in [-0.4, -0.2) is 18.3 Å². The molecule has 106 valence electrons. The predicted octanol–water partition coefficient (Wildman–Crippen LogP) is 4.48. The minimum absolute atomic E-state index is 0.0939. The van der Waals surface area contributed by atoms with Gasteiger partial charge in [-0.25, -0.2) is 4.39 Å². The van der Waals surface area contributed by atoms with Crippen LogP contribution in [0.4, 0.5) is 4.39 Å². The van der Waals surface area contributed by atoms with E-state index in [-0.39, 0.29) is 5.82 Å². The second kappa shape index (κ2) is 7.91. The van der Waals surface area contributed by atoms with Crippen LogP contribution in [0.3, 0.4) is 0 Å². The standard InChI is InChI=1S/C16H24FNS/c1-2-18-14(11-13-7-3-4-8-13)12-19-16-10-6-5-9-15(16)17/h5-6,9-10,13-14,18H,2-4,7-8,11-12H2,1H3. The Labute approximate surface area is 120 Å². The topological polar surface area (TPSA) is 12.0 Å². The van der Waals surface area contributed by atoms with Crippen molar-refractivity contribution in [3.05, 3.63) is 30.1 Å². The molecule has 1 nitrogen and oxygen atoms in total. The van der Waals surface area contributed by atoms with Crippen LogP contribution in [0.2, 0.25) is 0 Å². The Morgan fingerprint density at radius 1 is 1.32 bits per heavy atom. The van der Waals surface area contributed by atoms with Crippen molar-refractivity contribution in [1.29, 1.82) is 0 Å². The lowest BCUT2D eigenvalue weighted by Gasteiger charge is -2.21. The van der Waals surface area contributed by atoms with E-state index in [2.05, 4.69) is 12.2 Å². The lowest BCUT2D eigenvalue weighted by atomic mass is 9.99. The van der Waals surface area contributed by atoms with E-state index < -0.39 is 0 Å². The second-order valence-electron chi connectivity index (χ2n) is 5.38. The van der Waals surface area contributed by atoms with Crippen molar-refractivity contribution in [3.8, 4) is 0 Å². The minimum atomic E-state index is -0.0939. The van der Waals surface area contributed by atoms with Crippen LogP contribution in [0, 0.1) is 11.7 Å². The van der Waals surface area contributed by atoms with E-state index in [4.69, 9.17) is 0 Å². The van der Waals surface area contributed by atoms with Gasteiger partial charge in [-0.15, -0.1) is 11.8 Å². The van der Waals surface area contributed by atoms with Crippen molar-refractivity contribution in [2.75, 3.05) is 12.3 Å². The SMILES string of the molecule is CCNC(CSc1ccccc1F)CC1CCCC1. The summed E-state index contributed by atoms with van der Waals surface area (Å²) in [7, 11) is 0. The first kappa shape index (κ1) is 14.9. The molecule has 1 aromatic carbocycles. The van der Waals surface area contributed by atoms with Crippen LogP contribution in [0.1, 0.15) is 39.0 Å². The number of hydrogen-bond acceptors (Lipinski definition) is 2. The molecule has 0 saturated heterocycles. The maximum absolute atomic E-state index is 13.6. The zero-order chi connectivity index (χ0) is 13.5. The van der Waals surface area contributed by atoms with E-state index in [0.717, 1.165) is 23.1 Å². The highest BCUT2D eigenvalue weighted by Crippen LogP contribution is 2.30. The van der Waals surface area contributed by atoms with Crippen LogP contribution in [0.5, 0.6) is 0 Å². The van der Waals surface area contributed by atoms with Crippen LogP contribution < -0.4 is 5.32 Å².